The monoisotopic (exact) mass is 391 g/mol. The van der Waals surface area contributed by atoms with Crippen LogP contribution >= 0.6 is 15.9 Å². The Hall–Kier alpha value is -2.59. The van der Waals surface area contributed by atoms with Crippen LogP contribution in [-0.4, -0.2) is 4.57 Å². The molecule has 0 aliphatic heterocycles. The van der Waals surface area contributed by atoms with Crippen LogP contribution in [0.25, 0.3) is 43.7 Å². The first-order chi connectivity index (χ1) is 12.2. The molecule has 0 aliphatic carbocycles. The summed E-state index contributed by atoms with van der Waals surface area (Å²) in [6.07, 6.45) is 0. The summed E-state index contributed by atoms with van der Waals surface area (Å²) in [5.41, 5.74) is 3.46. The zero-order chi connectivity index (χ0) is 17.1. The highest BCUT2D eigenvalue weighted by Gasteiger charge is 2.17. The summed E-state index contributed by atoms with van der Waals surface area (Å²) < 4.78 is 9.17. The maximum absolute atomic E-state index is 13.3. The highest BCUT2D eigenvalue weighted by atomic mass is 79.9. The molecule has 0 atom stereocenters. The Labute approximate surface area is 151 Å². The number of aryl methyl sites for hydroxylation is 1. The van der Waals surface area contributed by atoms with Gasteiger partial charge < -0.3 is 8.98 Å². The average molecular weight is 392 g/mol. The minimum Gasteiger partial charge on any atom is -0.456 e. The van der Waals surface area contributed by atoms with Crippen LogP contribution in [0.15, 0.2) is 68.3 Å². The first kappa shape index (κ1) is 14.7. The lowest BCUT2D eigenvalue weighted by Crippen LogP contribution is -2.03. The van der Waals surface area contributed by atoms with Gasteiger partial charge in [0.2, 0.25) is 5.43 Å². The van der Waals surface area contributed by atoms with Crippen LogP contribution in [0.3, 0.4) is 0 Å². The van der Waals surface area contributed by atoms with Crippen LogP contribution in [0, 0.1) is 0 Å². The Bertz CT molecular complexity index is 1360. The Morgan fingerprint density at radius 2 is 1.72 bits per heavy atom. The second kappa shape index (κ2) is 5.20. The Balaban J connectivity index is 2.13. The van der Waals surface area contributed by atoms with E-state index in [1.54, 1.807) is 0 Å². The number of para-hydroxylation sites is 1. The molecule has 122 valence electrons. The SMILES string of the molecule is CCn1c2ccccc2c2c3c(=O)c4cc(Br)ccc4oc3ccc21. The van der Waals surface area contributed by atoms with E-state index in [1.165, 1.54) is 0 Å². The fourth-order valence-electron chi connectivity index (χ4n) is 3.79. The predicted molar refractivity (Wildman–Crippen MR) is 106 cm³/mol. The zero-order valence-corrected chi connectivity index (χ0v) is 15.1. The largest absolute Gasteiger partial charge is 0.456 e. The third-order valence-corrected chi connectivity index (χ3v) is 5.34. The van der Waals surface area contributed by atoms with Crippen LogP contribution in [0.2, 0.25) is 0 Å². The van der Waals surface area contributed by atoms with Gasteiger partial charge in [0, 0.05) is 27.3 Å². The molecule has 3 nitrogen and oxygen atoms in total. The molecule has 0 amide bonds. The summed E-state index contributed by atoms with van der Waals surface area (Å²) in [6, 6.07) is 17.7. The van der Waals surface area contributed by atoms with E-state index in [9.17, 15) is 4.79 Å². The third-order valence-electron chi connectivity index (χ3n) is 4.85. The van der Waals surface area contributed by atoms with Crippen molar-refractivity contribution < 1.29 is 4.42 Å². The highest BCUT2D eigenvalue weighted by Crippen LogP contribution is 2.34. The van der Waals surface area contributed by atoms with Crippen molar-refractivity contribution in [2.75, 3.05) is 0 Å². The highest BCUT2D eigenvalue weighted by molar-refractivity contribution is 9.10. The van der Waals surface area contributed by atoms with Crippen molar-refractivity contribution in [1.82, 2.24) is 4.57 Å². The minimum atomic E-state index is 0.0159. The molecule has 3 aromatic carbocycles. The van der Waals surface area contributed by atoms with Gasteiger partial charge in [-0.1, -0.05) is 34.1 Å². The normalized spacial score (nSPS) is 11.9. The lowest BCUT2D eigenvalue weighted by Gasteiger charge is -2.05. The molecule has 0 fully saturated rings. The summed E-state index contributed by atoms with van der Waals surface area (Å²) in [5.74, 6) is 0. The Morgan fingerprint density at radius 3 is 2.56 bits per heavy atom. The number of aromatic nitrogens is 1. The van der Waals surface area contributed by atoms with E-state index in [-0.39, 0.29) is 5.43 Å². The van der Waals surface area contributed by atoms with Crippen LogP contribution in [0.4, 0.5) is 0 Å². The summed E-state index contributed by atoms with van der Waals surface area (Å²) >= 11 is 3.45. The van der Waals surface area contributed by atoms with Crippen LogP contribution in [0.5, 0.6) is 0 Å². The van der Waals surface area contributed by atoms with Gasteiger partial charge in [-0.25, -0.2) is 0 Å². The zero-order valence-electron chi connectivity index (χ0n) is 13.5. The fourth-order valence-corrected chi connectivity index (χ4v) is 4.15. The van der Waals surface area contributed by atoms with E-state index in [0.717, 1.165) is 32.8 Å². The Kier molecular flexibility index (Phi) is 3.06. The van der Waals surface area contributed by atoms with E-state index < -0.39 is 0 Å². The van der Waals surface area contributed by atoms with Crippen molar-refractivity contribution in [2.45, 2.75) is 13.5 Å². The molecule has 5 rings (SSSR count). The standard InChI is InChI=1S/C21H14BrNO2/c1-2-23-15-6-4-3-5-13(15)19-16(23)8-10-18-20(19)21(24)14-11-12(22)7-9-17(14)25-18/h3-11H,2H2,1H3. The molecule has 25 heavy (non-hydrogen) atoms. The van der Waals surface area contributed by atoms with Crippen molar-refractivity contribution in [1.29, 1.82) is 0 Å². The topological polar surface area (TPSA) is 35.1 Å². The van der Waals surface area contributed by atoms with Crippen LogP contribution in [0.1, 0.15) is 6.92 Å². The molecule has 0 saturated heterocycles. The molecule has 0 radical (unpaired) electrons. The number of fused-ring (bicyclic) bond motifs is 6. The lowest BCUT2D eigenvalue weighted by molar-refractivity contribution is 0.660. The van der Waals surface area contributed by atoms with E-state index in [0.29, 0.717) is 21.9 Å². The Morgan fingerprint density at radius 1 is 0.920 bits per heavy atom. The molecular weight excluding hydrogens is 378 g/mol. The van der Waals surface area contributed by atoms with Crippen molar-refractivity contribution in [3.05, 3.63) is 69.3 Å². The van der Waals surface area contributed by atoms with E-state index in [1.807, 2.05) is 36.4 Å². The summed E-state index contributed by atoms with van der Waals surface area (Å²) in [5, 5.41) is 3.33. The maximum Gasteiger partial charge on any atom is 0.201 e. The van der Waals surface area contributed by atoms with E-state index in [4.69, 9.17) is 4.42 Å². The molecule has 0 spiro atoms. The minimum absolute atomic E-state index is 0.0159. The molecule has 2 heterocycles. The molecule has 0 unspecified atom stereocenters. The predicted octanol–water partition coefficient (Wildman–Crippen LogP) is 5.84. The van der Waals surface area contributed by atoms with Crippen molar-refractivity contribution >= 4 is 59.7 Å². The summed E-state index contributed by atoms with van der Waals surface area (Å²) in [6.45, 7) is 2.97. The first-order valence-corrected chi connectivity index (χ1v) is 9.04. The number of nitrogens with zero attached hydrogens (tertiary/aromatic N) is 1. The van der Waals surface area contributed by atoms with Crippen LogP contribution in [-0.2, 0) is 6.54 Å². The number of hydrogen-bond acceptors (Lipinski definition) is 2. The van der Waals surface area contributed by atoms with Gasteiger partial charge in [-0.2, -0.15) is 0 Å². The number of halogens is 1. The van der Waals surface area contributed by atoms with Gasteiger partial charge in [0.25, 0.3) is 0 Å². The third kappa shape index (κ3) is 1.94. The molecule has 0 saturated carbocycles. The maximum atomic E-state index is 13.3. The second-order valence-electron chi connectivity index (χ2n) is 6.17. The van der Waals surface area contributed by atoms with Crippen molar-refractivity contribution in [3.8, 4) is 0 Å². The van der Waals surface area contributed by atoms with Crippen molar-refractivity contribution in [2.24, 2.45) is 0 Å². The number of rotatable bonds is 1. The molecule has 0 bridgehead atoms. The second-order valence-corrected chi connectivity index (χ2v) is 7.08. The van der Waals surface area contributed by atoms with Gasteiger partial charge in [0.15, 0.2) is 0 Å². The quantitative estimate of drug-likeness (QED) is 0.336. The fraction of sp³-hybridized carbons (Fsp3) is 0.0952. The molecule has 4 heteroatoms. The van der Waals surface area contributed by atoms with Gasteiger partial charge in [-0.15, -0.1) is 0 Å². The molecule has 2 aromatic heterocycles. The average Bonchev–Trinajstić information content (AvgIpc) is 2.96. The number of benzene rings is 3. The molecule has 0 N–H and O–H groups in total. The van der Waals surface area contributed by atoms with Gasteiger partial charge in [0.1, 0.15) is 11.2 Å². The molecule has 0 aliphatic rings. The van der Waals surface area contributed by atoms with Gasteiger partial charge in [0.05, 0.1) is 16.3 Å². The molecule has 5 aromatic rings. The van der Waals surface area contributed by atoms with E-state index >= 15 is 0 Å². The molecular formula is C21H14BrNO2. The summed E-state index contributed by atoms with van der Waals surface area (Å²) in [7, 11) is 0. The van der Waals surface area contributed by atoms with Crippen LogP contribution < -0.4 is 5.43 Å². The summed E-state index contributed by atoms with van der Waals surface area (Å²) in [4.78, 5) is 13.3. The van der Waals surface area contributed by atoms with E-state index in [2.05, 4.69) is 45.6 Å². The lowest BCUT2D eigenvalue weighted by atomic mass is 10.1. The smallest absolute Gasteiger partial charge is 0.201 e. The first-order valence-electron chi connectivity index (χ1n) is 8.25. The van der Waals surface area contributed by atoms with Gasteiger partial charge in [-0.3, -0.25) is 4.79 Å². The van der Waals surface area contributed by atoms with Gasteiger partial charge >= 0.3 is 0 Å². The van der Waals surface area contributed by atoms with Gasteiger partial charge in [-0.05, 0) is 43.3 Å². The van der Waals surface area contributed by atoms with Crippen molar-refractivity contribution in [3.63, 3.8) is 0 Å². The number of hydrogen-bond donors (Lipinski definition) is 0.